The standard InChI is InChI=1S/C11H20N2O.ClH/c1-10(2,3)13-9(14)8-6-11(8)4-5-12-7-11;/h8,12H,4-7H2,1-3H3,(H,13,14);1H. The summed E-state index contributed by atoms with van der Waals surface area (Å²) >= 11 is 0. The van der Waals surface area contributed by atoms with E-state index in [4.69, 9.17) is 0 Å². The van der Waals surface area contributed by atoms with Crippen LogP contribution in [0.4, 0.5) is 0 Å². The Morgan fingerprint density at radius 2 is 2.13 bits per heavy atom. The monoisotopic (exact) mass is 232 g/mol. The van der Waals surface area contributed by atoms with E-state index in [1.807, 2.05) is 20.8 Å². The van der Waals surface area contributed by atoms with E-state index < -0.39 is 0 Å². The Morgan fingerprint density at radius 1 is 1.47 bits per heavy atom. The lowest BCUT2D eigenvalue weighted by Gasteiger charge is -2.21. The molecule has 2 fully saturated rings. The first-order valence-electron chi connectivity index (χ1n) is 5.46. The molecule has 2 unspecified atom stereocenters. The Morgan fingerprint density at radius 3 is 2.60 bits per heavy atom. The van der Waals surface area contributed by atoms with Gasteiger partial charge in [0.1, 0.15) is 0 Å². The summed E-state index contributed by atoms with van der Waals surface area (Å²) < 4.78 is 0. The largest absolute Gasteiger partial charge is 0.351 e. The van der Waals surface area contributed by atoms with E-state index in [0.717, 1.165) is 19.5 Å². The number of carbonyl (C=O) groups excluding carboxylic acids is 1. The average molecular weight is 233 g/mol. The van der Waals surface area contributed by atoms with Gasteiger partial charge in [0.2, 0.25) is 5.91 Å². The molecule has 1 aliphatic heterocycles. The minimum atomic E-state index is -0.0904. The summed E-state index contributed by atoms with van der Waals surface area (Å²) in [7, 11) is 0. The van der Waals surface area contributed by atoms with Crippen molar-refractivity contribution in [1.82, 2.24) is 10.6 Å². The summed E-state index contributed by atoms with van der Waals surface area (Å²) in [4.78, 5) is 11.8. The molecule has 15 heavy (non-hydrogen) atoms. The van der Waals surface area contributed by atoms with Crippen molar-refractivity contribution in [2.24, 2.45) is 11.3 Å². The third-order valence-electron chi connectivity index (χ3n) is 3.28. The summed E-state index contributed by atoms with van der Waals surface area (Å²) in [5.41, 5.74) is 0.238. The van der Waals surface area contributed by atoms with Gasteiger partial charge in [0.25, 0.3) is 0 Å². The van der Waals surface area contributed by atoms with Gasteiger partial charge in [-0.15, -0.1) is 12.4 Å². The van der Waals surface area contributed by atoms with Crippen molar-refractivity contribution < 1.29 is 4.79 Å². The van der Waals surface area contributed by atoms with Gasteiger partial charge in [-0.3, -0.25) is 4.79 Å². The minimum Gasteiger partial charge on any atom is -0.351 e. The molecule has 1 spiro atoms. The van der Waals surface area contributed by atoms with Crippen LogP contribution in [0.25, 0.3) is 0 Å². The second-order valence-corrected chi connectivity index (χ2v) is 5.79. The molecule has 4 heteroatoms. The maximum absolute atomic E-state index is 11.8. The van der Waals surface area contributed by atoms with Crippen molar-refractivity contribution >= 4 is 18.3 Å². The topological polar surface area (TPSA) is 41.1 Å². The zero-order valence-electron chi connectivity index (χ0n) is 9.72. The maximum Gasteiger partial charge on any atom is 0.224 e. The molecule has 3 nitrogen and oxygen atoms in total. The molecule has 0 aromatic heterocycles. The Bertz CT molecular complexity index is 254. The molecule has 2 atom stereocenters. The van der Waals surface area contributed by atoms with Crippen LogP contribution in [0.15, 0.2) is 0 Å². The highest BCUT2D eigenvalue weighted by Gasteiger charge is 2.59. The van der Waals surface area contributed by atoms with E-state index in [2.05, 4.69) is 10.6 Å². The number of carbonyl (C=O) groups is 1. The Kier molecular flexibility index (Phi) is 3.36. The normalized spacial score (nSPS) is 33.7. The molecule has 2 rings (SSSR count). The maximum atomic E-state index is 11.8. The van der Waals surface area contributed by atoms with E-state index in [1.54, 1.807) is 0 Å². The number of halogens is 1. The second-order valence-electron chi connectivity index (χ2n) is 5.79. The first-order chi connectivity index (χ1) is 6.43. The first-order valence-corrected chi connectivity index (χ1v) is 5.46. The van der Waals surface area contributed by atoms with Crippen molar-refractivity contribution in [3.63, 3.8) is 0 Å². The van der Waals surface area contributed by atoms with Gasteiger partial charge in [-0.25, -0.2) is 0 Å². The van der Waals surface area contributed by atoms with Crippen molar-refractivity contribution in [3.8, 4) is 0 Å². The molecule has 0 aromatic rings. The van der Waals surface area contributed by atoms with Gasteiger partial charge in [0.05, 0.1) is 0 Å². The van der Waals surface area contributed by atoms with Gasteiger partial charge in [0, 0.05) is 18.0 Å². The summed E-state index contributed by atoms with van der Waals surface area (Å²) in [6.07, 6.45) is 2.26. The predicted octanol–water partition coefficient (Wildman–Crippen LogP) is 1.32. The lowest BCUT2D eigenvalue weighted by Crippen LogP contribution is -2.42. The highest BCUT2D eigenvalue weighted by Crippen LogP contribution is 2.56. The van der Waals surface area contributed by atoms with Crippen LogP contribution in [0, 0.1) is 11.3 Å². The quantitative estimate of drug-likeness (QED) is 0.716. The van der Waals surface area contributed by atoms with E-state index >= 15 is 0 Å². The molecule has 2 aliphatic rings. The van der Waals surface area contributed by atoms with E-state index in [-0.39, 0.29) is 29.8 Å². The summed E-state index contributed by atoms with van der Waals surface area (Å²) in [5.74, 6) is 0.526. The third kappa shape index (κ3) is 2.64. The predicted molar refractivity (Wildman–Crippen MR) is 63.2 cm³/mol. The van der Waals surface area contributed by atoms with Gasteiger partial charge in [-0.2, -0.15) is 0 Å². The number of hydrogen-bond donors (Lipinski definition) is 2. The molecular weight excluding hydrogens is 212 g/mol. The molecule has 0 radical (unpaired) electrons. The molecular formula is C11H21ClN2O. The second kappa shape index (κ2) is 3.95. The van der Waals surface area contributed by atoms with Crippen LogP contribution in [0.1, 0.15) is 33.6 Å². The van der Waals surface area contributed by atoms with Crippen LogP contribution in [0.5, 0.6) is 0 Å². The Hall–Kier alpha value is -0.280. The van der Waals surface area contributed by atoms with Crippen molar-refractivity contribution in [2.45, 2.75) is 39.2 Å². The number of nitrogens with one attached hydrogen (secondary N) is 2. The number of amides is 1. The number of hydrogen-bond acceptors (Lipinski definition) is 2. The van der Waals surface area contributed by atoms with Crippen LogP contribution in [0.3, 0.4) is 0 Å². The molecule has 2 N–H and O–H groups in total. The molecule has 0 aromatic carbocycles. The average Bonchev–Trinajstić information content (AvgIpc) is 2.47. The Labute approximate surface area is 97.8 Å². The van der Waals surface area contributed by atoms with Crippen molar-refractivity contribution in [3.05, 3.63) is 0 Å². The molecule has 1 saturated carbocycles. The lowest BCUT2D eigenvalue weighted by molar-refractivity contribution is -0.124. The third-order valence-corrected chi connectivity index (χ3v) is 3.28. The SMILES string of the molecule is CC(C)(C)NC(=O)C1CC12CCNC2.Cl. The van der Waals surface area contributed by atoms with Crippen LogP contribution < -0.4 is 10.6 Å². The van der Waals surface area contributed by atoms with Crippen LogP contribution in [-0.4, -0.2) is 24.5 Å². The highest BCUT2D eigenvalue weighted by atomic mass is 35.5. The van der Waals surface area contributed by atoms with E-state index in [1.165, 1.54) is 6.42 Å². The highest BCUT2D eigenvalue weighted by molar-refractivity contribution is 5.85. The smallest absolute Gasteiger partial charge is 0.224 e. The first kappa shape index (κ1) is 12.8. The minimum absolute atomic E-state index is 0. The summed E-state index contributed by atoms with van der Waals surface area (Å²) in [6, 6.07) is 0. The Balaban J connectivity index is 0.00000112. The fourth-order valence-corrected chi connectivity index (χ4v) is 2.41. The van der Waals surface area contributed by atoms with E-state index in [9.17, 15) is 4.79 Å². The summed E-state index contributed by atoms with van der Waals surface area (Å²) in [6.45, 7) is 8.22. The van der Waals surface area contributed by atoms with Crippen LogP contribution in [0.2, 0.25) is 0 Å². The molecule has 1 aliphatic carbocycles. The fraction of sp³-hybridized carbons (Fsp3) is 0.909. The molecule has 1 heterocycles. The molecule has 0 bridgehead atoms. The van der Waals surface area contributed by atoms with Gasteiger partial charge < -0.3 is 10.6 Å². The molecule has 1 saturated heterocycles. The zero-order chi connectivity index (χ0) is 10.4. The molecule has 1 amide bonds. The van der Waals surface area contributed by atoms with Crippen LogP contribution >= 0.6 is 12.4 Å². The van der Waals surface area contributed by atoms with Crippen molar-refractivity contribution in [1.29, 1.82) is 0 Å². The number of rotatable bonds is 1. The van der Waals surface area contributed by atoms with Gasteiger partial charge in [-0.05, 0) is 45.6 Å². The van der Waals surface area contributed by atoms with Gasteiger partial charge >= 0.3 is 0 Å². The van der Waals surface area contributed by atoms with Crippen molar-refractivity contribution in [2.75, 3.05) is 13.1 Å². The molecule has 88 valence electrons. The van der Waals surface area contributed by atoms with Gasteiger partial charge in [-0.1, -0.05) is 0 Å². The lowest BCUT2D eigenvalue weighted by atomic mass is 10.0. The summed E-state index contributed by atoms with van der Waals surface area (Å²) in [5, 5.41) is 6.41. The van der Waals surface area contributed by atoms with Gasteiger partial charge in [0.15, 0.2) is 0 Å². The van der Waals surface area contributed by atoms with Crippen LogP contribution in [-0.2, 0) is 4.79 Å². The van der Waals surface area contributed by atoms with E-state index in [0.29, 0.717) is 5.41 Å². The fourth-order valence-electron chi connectivity index (χ4n) is 2.41. The zero-order valence-corrected chi connectivity index (χ0v) is 10.5.